The summed E-state index contributed by atoms with van der Waals surface area (Å²) in [5.74, 6) is -3.02. The second-order valence-corrected chi connectivity index (χ2v) is 8.09. The van der Waals surface area contributed by atoms with E-state index in [0.717, 1.165) is 5.56 Å². The number of aryl methyl sites for hydroxylation is 1. The molecule has 0 saturated carbocycles. The minimum atomic E-state index is -1.13. The van der Waals surface area contributed by atoms with Crippen molar-refractivity contribution in [2.75, 3.05) is 13.6 Å². The van der Waals surface area contributed by atoms with Gasteiger partial charge in [0.05, 0.1) is 16.1 Å². The van der Waals surface area contributed by atoms with E-state index in [-0.39, 0.29) is 0 Å². The van der Waals surface area contributed by atoms with Crippen molar-refractivity contribution in [3.63, 3.8) is 0 Å². The van der Waals surface area contributed by atoms with E-state index >= 15 is 0 Å². The first-order valence-electron chi connectivity index (χ1n) is 9.08. The van der Waals surface area contributed by atoms with Crippen molar-refractivity contribution >= 4 is 52.4 Å². The number of carbonyl (C=O) groups excluding carboxylic acids is 3. The van der Waals surface area contributed by atoms with E-state index < -0.39 is 29.6 Å². The van der Waals surface area contributed by atoms with E-state index in [1.807, 2.05) is 6.07 Å². The van der Waals surface area contributed by atoms with Crippen molar-refractivity contribution in [3.05, 3.63) is 68.7 Å². The predicted molar refractivity (Wildman–Crippen MR) is 113 cm³/mol. The van der Waals surface area contributed by atoms with Crippen LogP contribution in [0.3, 0.4) is 0 Å². The number of rotatable bonds is 6. The molecule has 5 nitrogen and oxygen atoms in total. The third-order valence-corrected chi connectivity index (χ3v) is 6.06. The number of carbonyl (C=O) groups is 3. The fourth-order valence-electron chi connectivity index (χ4n) is 3.47. The lowest BCUT2D eigenvalue weighted by atomic mass is 9.92. The molecule has 2 amide bonds. The Hall–Kier alpha value is -2.08. The van der Waals surface area contributed by atoms with Gasteiger partial charge in [-0.25, -0.2) is 0 Å². The number of nitrogens with zero attached hydrogens (tertiary/aromatic N) is 1. The molecule has 8 heteroatoms. The molecule has 1 heterocycles. The predicted octanol–water partition coefficient (Wildman–Crippen LogP) is 4.09. The number of amides is 2. The molecule has 1 aliphatic rings. The van der Waals surface area contributed by atoms with Crippen molar-refractivity contribution in [1.29, 1.82) is 0 Å². The molecule has 1 fully saturated rings. The summed E-state index contributed by atoms with van der Waals surface area (Å²) in [6.07, 6.45) is 1.33. The highest BCUT2D eigenvalue weighted by atomic mass is 35.5. The van der Waals surface area contributed by atoms with Crippen LogP contribution in [0.25, 0.3) is 0 Å². The molecule has 3 rings (SSSR count). The van der Waals surface area contributed by atoms with Crippen LogP contribution >= 0.6 is 34.8 Å². The Balaban J connectivity index is 1.66. The van der Waals surface area contributed by atoms with E-state index in [4.69, 9.17) is 34.8 Å². The van der Waals surface area contributed by atoms with Crippen LogP contribution in [0.2, 0.25) is 15.1 Å². The Morgan fingerprint density at radius 2 is 1.76 bits per heavy atom. The molecule has 0 radical (unpaired) electrons. The van der Waals surface area contributed by atoms with Crippen molar-refractivity contribution in [2.24, 2.45) is 5.92 Å². The van der Waals surface area contributed by atoms with Gasteiger partial charge >= 0.3 is 0 Å². The second kappa shape index (κ2) is 9.16. The quantitative estimate of drug-likeness (QED) is 0.407. The van der Waals surface area contributed by atoms with Crippen LogP contribution in [0, 0.1) is 5.92 Å². The molecule has 0 bridgehead atoms. The van der Waals surface area contributed by atoms with Gasteiger partial charge in [-0.3, -0.25) is 14.4 Å². The molecule has 2 aromatic carbocycles. The Labute approximate surface area is 183 Å². The van der Waals surface area contributed by atoms with E-state index in [0.29, 0.717) is 40.0 Å². The Bertz CT molecular complexity index is 964. The number of hydrogen-bond acceptors (Lipinski definition) is 3. The maximum absolute atomic E-state index is 12.8. The van der Waals surface area contributed by atoms with Crippen LogP contribution in [0.5, 0.6) is 0 Å². The van der Waals surface area contributed by atoms with Crippen molar-refractivity contribution in [1.82, 2.24) is 10.2 Å². The SMILES string of the molecule is CN1C(=O)C(=O)C(C(=O)NCCCc2ccc(Cl)c(Cl)c2)C1c1ccccc1Cl. The average molecular weight is 454 g/mol. The molecule has 152 valence electrons. The van der Waals surface area contributed by atoms with Crippen LogP contribution in [-0.4, -0.2) is 36.1 Å². The Kier molecular flexibility index (Phi) is 6.83. The minimum Gasteiger partial charge on any atom is -0.355 e. The van der Waals surface area contributed by atoms with Crippen molar-refractivity contribution < 1.29 is 14.4 Å². The summed E-state index contributed by atoms with van der Waals surface area (Å²) in [6.45, 7) is 0.357. The van der Waals surface area contributed by atoms with Crippen LogP contribution in [0.4, 0.5) is 0 Å². The van der Waals surface area contributed by atoms with E-state index in [2.05, 4.69) is 5.32 Å². The van der Waals surface area contributed by atoms with Gasteiger partial charge in [-0.1, -0.05) is 59.1 Å². The first kappa shape index (κ1) is 21.6. The van der Waals surface area contributed by atoms with Gasteiger partial charge in [-0.15, -0.1) is 0 Å². The Morgan fingerprint density at radius 3 is 2.45 bits per heavy atom. The van der Waals surface area contributed by atoms with Gasteiger partial charge in [0.1, 0.15) is 5.92 Å². The fraction of sp³-hybridized carbons (Fsp3) is 0.286. The monoisotopic (exact) mass is 452 g/mol. The zero-order valence-electron chi connectivity index (χ0n) is 15.6. The maximum Gasteiger partial charge on any atom is 0.291 e. The van der Waals surface area contributed by atoms with Crippen LogP contribution in [-0.2, 0) is 20.8 Å². The zero-order valence-corrected chi connectivity index (χ0v) is 17.9. The first-order chi connectivity index (χ1) is 13.8. The first-order valence-corrected chi connectivity index (χ1v) is 10.2. The highest BCUT2D eigenvalue weighted by Gasteiger charge is 2.50. The largest absolute Gasteiger partial charge is 0.355 e. The normalized spacial score (nSPS) is 19.0. The fourth-order valence-corrected chi connectivity index (χ4v) is 4.04. The average Bonchev–Trinajstić information content (AvgIpc) is 2.92. The van der Waals surface area contributed by atoms with Crippen molar-refractivity contribution in [3.8, 4) is 0 Å². The zero-order chi connectivity index (χ0) is 21.1. The number of hydrogen-bond donors (Lipinski definition) is 1. The van der Waals surface area contributed by atoms with E-state index in [9.17, 15) is 14.4 Å². The van der Waals surface area contributed by atoms with E-state index in [1.54, 1.807) is 36.4 Å². The minimum absolute atomic E-state index is 0.357. The van der Waals surface area contributed by atoms with Gasteiger partial charge in [-0.05, 0) is 42.2 Å². The van der Waals surface area contributed by atoms with Gasteiger partial charge in [-0.2, -0.15) is 0 Å². The van der Waals surface area contributed by atoms with Gasteiger partial charge in [0.2, 0.25) is 11.7 Å². The molecule has 29 heavy (non-hydrogen) atoms. The number of Topliss-reactive ketones (excluding diaryl/α,β-unsaturated/α-hetero) is 1. The molecule has 2 atom stereocenters. The topological polar surface area (TPSA) is 66.5 Å². The van der Waals surface area contributed by atoms with Gasteiger partial charge < -0.3 is 10.2 Å². The summed E-state index contributed by atoms with van der Waals surface area (Å²) >= 11 is 18.2. The van der Waals surface area contributed by atoms with Gasteiger partial charge in [0, 0.05) is 18.6 Å². The number of likely N-dealkylation sites (tertiary alicyclic amines) is 1. The summed E-state index contributed by atoms with van der Waals surface area (Å²) in [4.78, 5) is 38.7. The van der Waals surface area contributed by atoms with Gasteiger partial charge in [0.15, 0.2) is 0 Å². The molecule has 1 saturated heterocycles. The maximum atomic E-state index is 12.8. The lowest BCUT2D eigenvalue weighted by Crippen LogP contribution is -2.37. The number of likely N-dealkylation sites (N-methyl/N-ethyl adjacent to an activating group) is 1. The number of benzene rings is 2. The molecule has 2 aromatic rings. The molecule has 1 aliphatic heterocycles. The lowest BCUT2D eigenvalue weighted by molar-refractivity contribution is -0.142. The molecular weight excluding hydrogens is 435 g/mol. The van der Waals surface area contributed by atoms with E-state index in [1.165, 1.54) is 11.9 Å². The standard InChI is InChI=1S/C21H19Cl3N2O3/c1-26-18(13-6-2-3-7-14(13)22)17(19(27)21(26)29)20(28)25-10-4-5-12-8-9-15(23)16(24)11-12/h2-3,6-9,11,17-18H,4-5,10H2,1H3,(H,25,28). The number of ketones is 1. The molecule has 0 aromatic heterocycles. The third kappa shape index (κ3) is 4.58. The summed E-state index contributed by atoms with van der Waals surface area (Å²) in [5.41, 5.74) is 1.57. The summed E-state index contributed by atoms with van der Waals surface area (Å²) in [7, 11) is 1.51. The summed E-state index contributed by atoms with van der Waals surface area (Å²) in [6, 6.07) is 11.6. The van der Waals surface area contributed by atoms with Crippen molar-refractivity contribution in [2.45, 2.75) is 18.9 Å². The molecule has 2 unspecified atom stereocenters. The summed E-state index contributed by atoms with van der Waals surface area (Å²) < 4.78 is 0. The number of nitrogens with one attached hydrogen (secondary N) is 1. The lowest BCUT2D eigenvalue weighted by Gasteiger charge is -2.24. The molecule has 0 spiro atoms. The highest BCUT2D eigenvalue weighted by Crippen LogP contribution is 2.38. The summed E-state index contributed by atoms with van der Waals surface area (Å²) in [5, 5.41) is 4.15. The van der Waals surface area contributed by atoms with Crippen LogP contribution in [0.1, 0.15) is 23.6 Å². The smallest absolute Gasteiger partial charge is 0.291 e. The van der Waals surface area contributed by atoms with Gasteiger partial charge in [0.25, 0.3) is 5.91 Å². The Morgan fingerprint density at radius 1 is 1.03 bits per heavy atom. The molecular formula is C21H19Cl3N2O3. The second-order valence-electron chi connectivity index (χ2n) is 6.87. The number of halogens is 3. The third-order valence-electron chi connectivity index (χ3n) is 4.98. The van der Waals surface area contributed by atoms with Crippen LogP contribution < -0.4 is 5.32 Å². The molecule has 1 N–H and O–H groups in total. The van der Waals surface area contributed by atoms with Crippen LogP contribution in [0.15, 0.2) is 42.5 Å². The molecule has 0 aliphatic carbocycles. The highest BCUT2D eigenvalue weighted by molar-refractivity contribution is 6.43.